The third-order valence-electron chi connectivity index (χ3n) is 5.98. The predicted molar refractivity (Wildman–Crippen MR) is 145 cm³/mol. The zero-order chi connectivity index (χ0) is 27.6. The number of aromatic nitrogens is 1. The minimum Gasteiger partial charge on any atom is -0.488 e. The normalized spacial score (nSPS) is 11.0. The largest absolute Gasteiger partial charge is 0.488 e. The number of halogens is 3. The van der Waals surface area contributed by atoms with Crippen LogP contribution in [0.5, 0.6) is 5.75 Å². The van der Waals surface area contributed by atoms with Gasteiger partial charge in [0.2, 0.25) is 5.91 Å². The number of anilines is 1. The molecule has 4 rings (SSSR count). The molecular weight excluding hydrogens is 558 g/mol. The first kappa shape index (κ1) is 27.1. The predicted octanol–water partition coefficient (Wildman–Crippen LogP) is 7.37. The van der Waals surface area contributed by atoms with Crippen molar-refractivity contribution in [2.75, 3.05) is 5.32 Å². The quantitative estimate of drug-likeness (QED) is 0.227. The molecule has 0 aliphatic heterocycles. The van der Waals surface area contributed by atoms with Crippen LogP contribution in [0.4, 0.5) is 14.5 Å². The average Bonchev–Trinajstić information content (AvgIpc) is 3.24. The number of aromatic carboxylic acids is 1. The number of carbonyl (C=O) groups excluding carboxylic acids is 1. The monoisotopic (exact) mass is 582 g/mol. The number of carboxylic acids is 1. The number of para-hydroxylation sites is 1. The SMILES string of the molecule is Cc1ccc(-c2cc(Br)ccc2OCc2ccc(F)cc2F)n1-c1cccc(C(=O)O)c1NC(=O)C(C)C. The molecular formula is C29H25BrF2N2O4. The van der Waals surface area contributed by atoms with Crippen LogP contribution >= 0.6 is 15.9 Å². The van der Waals surface area contributed by atoms with E-state index in [-0.39, 0.29) is 35.2 Å². The van der Waals surface area contributed by atoms with Crippen molar-refractivity contribution in [1.29, 1.82) is 0 Å². The molecule has 0 saturated carbocycles. The zero-order valence-electron chi connectivity index (χ0n) is 20.9. The summed E-state index contributed by atoms with van der Waals surface area (Å²) in [5.41, 5.74) is 2.85. The third kappa shape index (κ3) is 5.62. The van der Waals surface area contributed by atoms with Gasteiger partial charge in [0.15, 0.2) is 0 Å². The molecule has 0 aliphatic carbocycles. The Hall–Kier alpha value is -3.98. The fourth-order valence-electron chi connectivity index (χ4n) is 3.99. The Bertz CT molecular complexity index is 1530. The number of nitrogens with one attached hydrogen (secondary N) is 1. The van der Waals surface area contributed by atoms with Crippen LogP contribution in [0.25, 0.3) is 16.9 Å². The maximum atomic E-state index is 14.2. The molecule has 0 unspecified atom stereocenters. The van der Waals surface area contributed by atoms with E-state index >= 15 is 0 Å². The number of hydrogen-bond donors (Lipinski definition) is 2. The van der Waals surface area contributed by atoms with Gasteiger partial charge in [0.25, 0.3) is 0 Å². The van der Waals surface area contributed by atoms with Crippen LogP contribution in [0.3, 0.4) is 0 Å². The Kier molecular flexibility index (Phi) is 7.97. The van der Waals surface area contributed by atoms with Gasteiger partial charge in [-0.2, -0.15) is 0 Å². The highest BCUT2D eigenvalue weighted by Crippen LogP contribution is 2.38. The molecule has 0 aliphatic rings. The first-order valence-electron chi connectivity index (χ1n) is 11.8. The molecule has 196 valence electrons. The van der Waals surface area contributed by atoms with Crippen LogP contribution in [0.15, 0.2) is 71.2 Å². The van der Waals surface area contributed by atoms with Crippen LogP contribution in [-0.2, 0) is 11.4 Å². The molecule has 6 nitrogen and oxygen atoms in total. The van der Waals surface area contributed by atoms with E-state index in [4.69, 9.17) is 4.74 Å². The van der Waals surface area contributed by atoms with Crippen molar-refractivity contribution in [2.24, 2.45) is 5.92 Å². The van der Waals surface area contributed by atoms with Crippen LogP contribution in [0.2, 0.25) is 0 Å². The standard InChI is InChI=1S/C29H25BrF2N2O4/c1-16(2)28(35)33-27-21(29(36)37)5-4-6-25(27)34-17(3)7-11-24(34)22-13-19(30)9-12-26(22)38-15-18-8-10-20(31)14-23(18)32/h4-14,16H,15H2,1-3H3,(H,33,35)(H,36,37). The van der Waals surface area contributed by atoms with Gasteiger partial charge in [0, 0.05) is 33.3 Å². The lowest BCUT2D eigenvalue weighted by Gasteiger charge is -2.20. The van der Waals surface area contributed by atoms with Gasteiger partial charge in [0.1, 0.15) is 24.0 Å². The van der Waals surface area contributed by atoms with Crippen LogP contribution in [0.1, 0.15) is 35.5 Å². The molecule has 0 atom stereocenters. The second kappa shape index (κ2) is 11.2. The van der Waals surface area contributed by atoms with Gasteiger partial charge in [-0.25, -0.2) is 13.6 Å². The Morgan fingerprint density at radius 1 is 1.05 bits per heavy atom. The number of carboxylic acid groups (broad SMARTS) is 1. The maximum Gasteiger partial charge on any atom is 0.337 e. The molecule has 0 fully saturated rings. The molecule has 0 radical (unpaired) electrons. The lowest BCUT2D eigenvalue weighted by molar-refractivity contribution is -0.118. The number of aryl methyl sites for hydroxylation is 1. The van der Waals surface area contributed by atoms with E-state index in [1.54, 1.807) is 38.1 Å². The molecule has 0 spiro atoms. The molecule has 9 heteroatoms. The van der Waals surface area contributed by atoms with Crippen molar-refractivity contribution in [1.82, 2.24) is 4.57 Å². The summed E-state index contributed by atoms with van der Waals surface area (Å²) in [4.78, 5) is 24.7. The molecule has 2 N–H and O–H groups in total. The van der Waals surface area contributed by atoms with Crippen molar-refractivity contribution in [3.63, 3.8) is 0 Å². The summed E-state index contributed by atoms with van der Waals surface area (Å²) < 4.78 is 36.1. The number of benzene rings is 3. The molecule has 0 bridgehead atoms. The number of amides is 1. The molecule has 1 aromatic heterocycles. The second-order valence-corrected chi connectivity index (χ2v) is 9.92. The van der Waals surface area contributed by atoms with Gasteiger partial charge in [-0.3, -0.25) is 4.79 Å². The molecule has 0 saturated heterocycles. The van der Waals surface area contributed by atoms with Gasteiger partial charge in [-0.05, 0) is 61.5 Å². The van der Waals surface area contributed by atoms with E-state index in [2.05, 4.69) is 21.2 Å². The number of nitrogens with zero attached hydrogens (tertiary/aromatic N) is 1. The van der Waals surface area contributed by atoms with Gasteiger partial charge in [-0.1, -0.05) is 35.8 Å². The second-order valence-electron chi connectivity index (χ2n) is 9.01. The lowest BCUT2D eigenvalue weighted by Crippen LogP contribution is -2.21. The van der Waals surface area contributed by atoms with Gasteiger partial charge in [-0.15, -0.1) is 0 Å². The molecule has 3 aromatic carbocycles. The van der Waals surface area contributed by atoms with Crippen LogP contribution in [-0.4, -0.2) is 21.6 Å². The molecule has 1 amide bonds. The smallest absolute Gasteiger partial charge is 0.337 e. The highest BCUT2D eigenvalue weighted by Gasteiger charge is 2.22. The number of ether oxygens (including phenoxy) is 1. The van der Waals surface area contributed by atoms with E-state index in [0.717, 1.165) is 16.2 Å². The third-order valence-corrected chi connectivity index (χ3v) is 6.47. The average molecular weight is 583 g/mol. The van der Waals surface area contributed by atoms with Crippen LogP contribution < -0.4 is 10.1 Å². The number of rotatable bonds is 8. The van der Waals surface area contributed by atoms with E-state index in [1.165, 1.54) is 18.2 Å². The van der Waals surface area contributed by atoms with Gasteiger partial charge >= 0.3 is 5.97 Å². The highest BCUT2D eigenvalue weighted by molar-refractivity contribution is 9.10. The summed E-state index contributed by atoms with van der Waals surface area (Å²) in [6, 6.07) is 17.1. The molecule has 38 heavy (non-hydrogen) atoms. The van der Waals surface area contributed by atoms with Gasteiger partial charge in [0.05, 0.1) is 22.6 Å². The fraction of sp³-hybridized carbons (Fsp3) is 0.172. The summed E-state index contributed by atoms with van der Waals surface area (Å²) in [6.45, 7) is 5.17. The summed E-state index contributed by atoms with van der Waals surface area (Å²) in [5.74, 6) is -2.82. The Morgan fingerprint density at radius 2 is 1.82 bits per heavy atom. The first-order chi connectivity index (χ1) is 18.1. The Balaban J connectivity index is 1.84. The maximum absolute atomic E-state index is 14.2. The van der Waals surface area contributed by atoms with Crippen LogP contribution in [0, 0.1) is 24.5 Å². The molecule has 4 aromatic rings. The van der Waals surface area contributed by atoms with E-state index in [9.17, 15) is 23.5 Å². The van der Waals surface area contributed by atoms with E-state index in [1.807, 2.05) is 29.7 Å². The highest BCUT2D eigenvalue weighted by atomic mass is 79.9. The summed E-state index contributed by atoms with van der Waals surface area (Å²) >= 11 is 3.49. The lowest BCUT2D eigenvalue weighted by atomic mass is 10.1. The summed E-state index contributed by atoms with van der Waals surface area (Å²) in [7, 11) is 0. The number of carbonyl (C=O) groups is 2. The van der Waals surface area contributed by atoms with Crippen molar-refractivity contribution in [3.8, 4) is 22.7 Å². The number of hydrogen-bond acceptors (Lipinski definition) is 3. The zero-order valence-corrected chi connectivity index (χ0v) is 22.5. The Labute approximate surface area is 227 Å². The van der Waals surface area contributed by atoms with Crippen molar-refractivity contribution in [3.05, 3.63) is 99.7 Å². The molecule has 1 heterocycles. The van der Waals surface area contributed by atoms with E-state index < -0.39 is 17.6 Å². The summed E-state index contributed by atoms with van der Waals surface area (Å²) in [5, 5.41) is 12.6. The van der Waals surface area contributed by atoms with E-state index in [0.29, 0.717) is 22.7 Å². The van der Waals surface area contributed by atoms with Crippen molar-refractivity contribution < 1.29 is 28.2 Å². The van der Waals surface area contributed by atoms with Gasteiger partial charge < -0.3 is 19.7 Å². The van der Waals surface area contributed by atoms with Crippen molar-refractivity contribution >= 4 is 33.5 Å². The minimum absolute atomic E-state index is 0.0481. The van der Waals surface area contributed by atoms with Crippen molar-refractivity contribution in [2.45, 2.75) is 27.4 Å². The fourth-order valence-corrected chi connectivity index (χ4v) is 4.36. The summed E-state index contributed by atoms with van der Waals surface area (Å²) in [6.07, 6.45) is 0. The first-order valence-corrected chi connectivity index (χ1v) is 12.6. The minimum atomic E-state index is -1.18. The Morgan fingerprint density at radius 3 is 2.50 bits per heavy atom. The topological polar surface area (TPSA) is 80.6 Å².